The summed E-state index contributed by atoms with van der Waals surface area (Å²) in [5.74, 6) is 0.121. The Morgan fingerprint density at radius 2 is 2.00 bits per heavy atom. The van der Waals surface area contributed by atoms with Gasteiger partial charge in [-0.1, -0.05) is 22.0 Å². The summed E-state index contributed by atoms with van der Waals surface area (Å²) in [5.41, 5.74) is 3.91. The molecule has 1 aromatic carbocycles. The summed E-state index contributed by atoms with van der Waals surface area (Å²) in [6.45, 7) is 7.34. The Morgan fingerprint density at radius 1 is 1.14 bits per heavy atom. The lowest BCUT2D eigenvalue weighted by molar-refractivity contribution is 0.0766. The van der Waals surface area contributed by atoms with Crippen molar-refractivity contribution in [3.05, 3.63) is 63.3 Å². The van der Waals surface area contributed by atoms with Gasteiger partial charge in [0.15, 0.2) is 5.13 Å². The average molecular weight is 459 g/mol. The van der Waals surface area contributed by atoms with Crippen LogP contribution in [0.3, 0.4) is 0 Å². The molecule has 5 nitrogen and oxygen atoms in total. The number of amides is 1. The fraction of sp³-hybridized carbons (Fsp3) is 0.333. The zero-order valence-electron chi connectivity index (χ0n) is 16.1. The van der Waals surface area contributed by atoms with E-state index in [1.807, 2.05) is 41.6 Å². The largest absolute Gasteiger partial charge is 0.346 e. The van der Waals surface area contributed by atoms with Gasteiger partial charge in [-0.2, -0.15) is 0 Å². The number of benzene rings is 1. The third-order valence-corrected chi connectivity index (χ3v) is 6.53. The fourth-order valence-corrected chi connectivity index (χ4v) is 4.93. The van der Waals surface area contributed by atoms with Gasteiger partial charge in [-0.25, -0.2) is 4.98 Å². The van der Waals surface area contributed by atoms with Crippen molar-refractivity contribution in [3.8, 4) is 5.69 Å². The van der Waals surface area contributed by atoms with Crippen molar-refractivity contribution < 1.29 is 4.79 Å². The van der Waals surface area contributed by atoms with Crippen molar-refractivity contribution in [2.75, 3.05) is 31.1 Å². The number of aromatic nitrogens is 2. The molecular formula is C21H23BrN4OS. The van der Waals surface area contributed by atoms with Gasteiger partial charge in [-0.3, -0.25) is 4.79 Å². The van der Waals surface area contributed by atoms with Gasteiger partial charge >= 0.3 is 0 Å². The van der Waals surface area contributed by atoms with E-state index in [0.717, 1.165) is 64.8 Å². The molecule has 3 aromatic rings. The van der Waals surface area contributed by atoms with Gasteiger partial charge in [0, 0.05) is 59.3 Å². The molecule has 0 N–H and O–H groups in total. The monoisotopic (exact) mass is 458 g/mol. The van der Waals surface area contributed by atoms with Crippen LogP contribution in [0.5, 0.6) is 0 Å². The minimum atomic E-state index is 0.121. The standard InChI is InChI=1S/C21H23BrN4OS/c1-15-13-19(16(2)26(15)18-6-3-5-17(22)14-18)20(27)24-8-4-9-25(11-10-24)21-23-7-12-28-21/h3,5-7,12-14H,4,8-11H2,1-2H3. The van der Waals surface area contributed by atoms with E-state index >= 15 is 0 Å². The summed E-state index contributed by atoms with van der Waals surface area (Å²) in [7, 11) is 0. The zero-order valence-corrected chi connectivity index (χ0v) is 18.5. The van der Waals surface area contributed by atoms with E-state index in [1.165, 1.54) is 0 Å². The maximum atomic E-state index is 13.3. The van der Waals surface area contributed by atoms with Crippen LogP contribution in [0.1, 0.15) is 28.2 Å². The highest BCUT2D eigenvalue weighted by Gasteiger charge is 2.24. The third kappa shape index (κ3) is 3.73. The van der Waals surface area contributed by atoms with E-state index in [4.69, 9.17) is 0 Å². The fourth-order valence-electron chi connectivity index (χ4n) is 3.85. The summed E-state index contributed by atoms with van der Waals surface area (Å²) >= 11 is 5.20. The maximum Gasteiger partial charge on any atom is 0.255 e. The Hall–Kier alpha value is -2.12. The van der Waals surface area contributed by atoms with Gasteiger partial charge in [0.1, 0.15) is 0 Å². The van der Waals surface area contributed by atoms with E-state index in [-0.39, 0.29) is 5.91 Å². The number of anilines is 1. The number of aryl methyl sites for hydroxylation is 1. The van der Waals surface area contributed by atoms with Crippen molar-refractivity contribution in [3.63, 3.8) is 0 Å². The number of rotatable bonds is 3. The molecule has 1 aliphatic rings. The first-order valence-corrected chi connectivity index (χ1v) is 11.1. The molecule has 0 radical (unpaired) electrons. The van der Waals surface area contributed by atoms with Gasteiger partial charge in [-0.05, 0) is 44.5 Å². The second kappa shape index (κ2) is 8.09. The molecule has 1 amide bonds. The summed E-state index contributed by atoms with van der Waals surface area (Å²) in [6, 6.07) is 10.2. The Labute approximate surface area is 177 Å². The highest BCUT2D eigenvalue weighted by Crippen LogP contribution is 2.25. The molecule has 7 heteroatoms. The van der Waals surface area contributed by atoms with Crippen LogP contribution >= 0.6 is 27.3 Å². The molecular weight excluding hydrogens is 436 g/mol. The molecule has 0 saturated carbocycles. The van der Waals surface area contributed by atoms with Gasteiger partial charge in [0.2, 0.25) is 0 Å². The number of carbonyl (C=O) groups excluding carboxylic acids is 1. The number of hydrogen-bond donors (Lipinski definition) is 0. The Morgan fingerprint density at radius 3 is 2.75 bits per heavy atom. The SMILES string of the molecule is Cc1cc(C(=O)N2CCCN(c3nccs3)CC2)c(C)n1-c1cccc(Br)c1. The molecule has 1 fully saturated rings. The third-order valence-electron chi connectivity index (χ3n) is 5.20. The second-order valence-electron chi connectivity index (χ2n) is 7.05. The molecule has 2 aromatic heterocycles. The zero-order chi connectivity index (χ0) is 19.7. The molecule has 0 atom stereocenters. The molecule has 0 bridgehead atoms. The van der Waals surface area contributed by atoms with Crippen LogP contribution in [-0.4, -0.2) is 46.5 Å². The number of hydrogen-bond acceptors (Lipinski definition) is 4. The topological polar surface area (TPSA) is 41.4 Å². The van der Waals surface area contributed by atoms with Gasteiger partial charge in [0.05, 0.1) is 5.56 Å². The van der Waals surface area contributed by atoms with Crippen molar-refractivity contribution in [2.24, 2.45) is 0 Å². The van der Waals surface area contributed by atoms with Crippen LogP contribution in [0.15, 0.2) is 46.4 Å². The van der Waals surface area contributed by atoms with E-state index in [1.54, 1.807) is 11.3 Å². The van der Waals surface area contributed by atoms with Gasteiger partial charge in [0.25, 0.3) is 5.91 Å². The molecule has 1 aliphatic heterocycles. The first-order chi connectivity index (χ1) is 13.5. The second-order valence-corrected chi connectivity index (χ2v) is 8.84. The van der Waals surface area contributed by atoms with Crippen LogP contribution in [0.4, 0.5) is 5.13 Å². The highest BCUT2D eigenvalue weighted by atomic mass is 79.9. The first kappa shape index (κ1) is 19.2. The minimum Gasteiger partial charge on any atom is -0.346 e. The molecule has 0 aliphatic carbocycles. The number of thiazole rings is 1. The van der Waals surface area contributed by atoms with Crippen molar-refractivity contribution in [1.29, 1.82) is 0 Å². The maximum absolute atomic E-state index is 13.3. The van der Waals surface area contributed by atoms with Gasteiger partial charge < -0.3 is 14.4 Å². The Balaban J connectivity index is 1.56. The lowest BCUT2D eigenvalue weighted by Crippen LogP contribution is -2.35. The lowest BCUT2D eigenvalue weighted by Gasteiger charge is -2.22. The Kier molecular flexibility index (Phi) is 5.55. The molecule has 3 heterocycles. The molecule has 0 spiro atoms. The Bertz CT molecular complexity index is 982. The van der Waals surface area contributed by atoms with Crippen LogP contribution in [0, 0.1) is 13.8 Å². The summed E-state index contributed by atoms with van der Waals surface area (Å²) in [5, 5.41) is 3.04. The van der Waals surface area contributed by atoms with Crippen molar-refractivity contribution in [2.45, 2.75) is 20.3 Å². The lowest BCUT2D eigenvalue weighted by atomic mass is 10.2. The smallest absolute Gasteiger partial charge is 0.255 e. The minimum absolute atomic E-state index is 0.121. The molecule has 1 saturated heterocycles. The van der Waals surface area contributed by atoms with E-state index in [2.05, 4.69) is 49.4 Å². The predicted octanol–water partition coefficient (Wildman–Crippen LogP) is 4.67. The predicted molar refractivity (Wildman–Crippen MR) is 118 cm³/mol. The number of nitrogens with zero attached hydrogens (tertiary/aromatic N) is 4. The van der Waals surface area contributed by atoms with E-state index in [9.17, 15) is 4.79 Å². The molecule has 28 heavy (non-hydrogen) atoms. The summed E-state index contributed by atoms with van der Waals surface area (Å²) in [6.07, 6.45) is 2.79. The highest BCUT2D eigenvalue weighted by molar-refractivity contribution is 9.10. The molecule has 0 unspecified atom stereocenters. The number of halogens is 1. The molecule has 146 valence electrons. The van der Waals surface area contributed by atoms with Crippen LogP contribution in [0.25, 0.3) is 5.69 Å². The van der Waals surface area contributed by atoms with E-state index < -0.39 is 0 Å². The van der Waals surface area contributed by atoms with Crippen molar-refractivity contribution in [1.82, 2.24) is 14.5 Å². The molecule has 4 rings (SSSR count). The normalized spacial score (nSPS) is 15.0. The summed E-state index contributed by atoms with van der Waals surface area (Å²) in [4.78, 5) is 22.0. The summed E-state index contributed by atoms with van der Waals surface area (Å²) < 4.78 is 3.18. The van der Waals surface area contributed by atoms with E-state index in [0.29, 0.717) is 0 Å². The van der Waals surface area contributed by atoms with Crippen molar-refractivity contribution >= 4 is 38.3 Å². The van der Waals surface area contributed by atoms with Crippen LogP contribution < -0.4 is 4.90 Å². The average Bonchev–Trinajstić information content (AvgIpc) is 3.23. The first-order valence-electron chi connectivity index (χ1n) is 9.43. The van der Waals surface area contributed by atoms with Crippen LogP contribution in [0.2, 0.25) is 0 Å². The quantitative estimate of drug-likeness (QED) is 0.572. The van der Waals surface area contributed by atoms with Gasteiger partial charge in [-0.15, -0.1) is 11.3 Å². The van der Waals surface area contributed by atoms with Crippen LogP contribution in [-0.2, 0) is 0 Å². The number of carbonyl (C=O) groups is 1.